The zero-order valence-electron chi connectivity index (χ0n) is 10.6. The van der Waals surface area contributed by atoms with E-state index in [0.717, 1.165) is 29.1 Å². The number of nitrogens with zero attached hydrogens (tertiary/aromatic N) is 2. The second-order valence-corrected chi connectivity index (χ2v) is 5.82. The van der Waals surface area contributed by atoms with Crippen LogP contribution in [0.1, 0.15) is 30.5 Å². The molecule has 0 aliphatic heterocycles. The van der Waals surface area contributed by atoms with E-state index in [0.29, 0.717) is 0 Å². The van der Waals surface area contributed by atoms with E-state index in [1.165, 1.54) is 3.57 Å². The van der Waals surface area contributed by atoms with E-state index in [9.17, 15) is 0 Å². The van der Waals surface area contributed by atoms with Gasteiger partial charge < -0.3 is 5.32 Å². The fourth-order valence-corrected chi connectivity index (χ4v) is 2.72. The molecule has 0 saturated heterocycles. The summed E-state index contributed by atoms with van der Waals surface area (Å²) in [6.07, 6.45) is 6.30. The van der Waals surface area contributed by atoms with Crippen molar-refractivity contribution in [1.29, 1.82) is 0 Å². The average molecular weight is 388 g/mol. The summed E-state index contributed by atoms with van der Waals surface area (Å²) in [5.74, 6) is 0. The molecular weight excluding hydrogens is 373 g/mol. The topological polar surface area (TPSA) is 37.8 Å². The molecule has 2 aromatic rings. The van der Waals surface area contributed by atoms with Crippen molar-refractivity contribution in [3.8, 4) is 0 Å². The molecule has 0 bridgehead atoms. The molecule has 100 valence electrons. The second kappa shape index (κ2) is 7.17. The molecule has 1 atom stereocenters. The molecule has 0 aliphatic carbocycles. The van der Waals surface area contributed by atoms with Gasteiger partial charge in [0.1, 0.15) is 6.33 Å². The monoisotopic (exact) mass is 387 g/mol. The summed E-state index contributed by atoms with van der Waals surface area (Å²) < 4.78 is 1.18. The van der Waals surface area contributed by atoms with Crippen LogP contribution in [0.4, 0.5) is 0 Å². The lowest BCUT2D eigenvalue weighted by atomic mass is 10.0. The van der Waals surface area contributed by atoms with Crippen LogP contribution in [-0.4, -0.2) is 16.5 Å². The summed E-state index contributed by atoms with van der Waals surface area (Å²) in [4.78, 5) is 8.21. The lowest BCUT2D eigenvalue weighted by Crippen LogP contribution is -2.24. The van der Waals surface area contributed by atoms with Crippen molar-refractivity contribution in [1.82, 2.24) is 15.3 Å². The van der Waals surface area contributed by atoms with E-state index in [1.54, 1.807) is 6.33 Å². The number of halogens is 2. The number of aromatic nitrogens is 2. The summed E-state index contributed by atoms with van der Waals surface area (Å²) >= 11 is 8.45. The van der Waals surface area contributed by atoms with Gasteiger partial charge in [-0.2, -0.15) is 0 Å². The molecule has 0 radical (unpaired) electrons. The lowest BCUT2D eigenvalue weighted by Gasteiger charge is -2.20. The second-order valence-electron chi connectivity index (χ2n) is 4.22. The Balaban J connectivity index is 2.40. The molecule has 0 spiro atoms. The molecule has 0 aliphatic rings. The van der Waals surface area contributed by atoms with E-state index < -0.39 is 0 Å². The maximum atomic E-state index is 6.12. The fourth-order valence-electron chi connectivity index (χ4n) is 1.89. The van der Waals surface area contributed by atoms with Gasteiger partial charge in [-0.05, 0) is 59.3 Å². The van der Waals surface area contributed by atoms with Crippen LogP contribution in [0.3, 0.4) is 0 Å². The largest absolute Gasteiger partial charge is 0.306 e. The van der Waals surface area contributed by atoms with Gasteiger partial charge in [-0.25, -0.2) is 9.97 Å². The standard InChI is InChI=1S/C14H15ClIN3/c1-2-5-19-14(10-7-17-9-18-8-10)12-6-11(15)3-4-13(12)16/h3-4,6-9,14,19H,2,5H2,1H3. The highest BCUT2D eigenvalue weighted by atomic mass is 127. The first-order valence-electron chi connectivity index (χ1n) is 6.15. The van der Waals surface area contributed by atoms with Gasteiger partial charge in [-0.3, -0.25) is 0 Å². The van der Waals surface area contributed by atoms with Crippen LogP contribution in [-0.2, 0) is 0 Å². The summed E-state index contributed by atoms with van der Waals surface area (Å²) in [6, 6.07) is 6.02. The molecule has 1 heterocycles. The third kappa shape index (κ3) is 3.87. The zero-order valence-corrected chi connectivity index (χ0v) is 13.5. The molecule has 2 rings (SSSR count). The van der Waals surface area contributed by atoms with Gasteiger partial charge in [0.05, 0.1) is 6.04 Å². The lowest BCUT2D eigenvalue weighted by molar-refractivity contribution is 0.593. The van der Waals surface area contributed by atoms with E-state index >= 15 is 0 Å². The quantitative estimate of drug-likeness (QED) is 0.793. The Morgan fingerprint density at radius 3 is 2.74 bits per heavy atom. The number of nitrogens with one attached hydrogen (secondary N) is 1. The van der Waals surface area contributed by atoms with Gasteiger partial charge in [-0.15, -0.1) is 0 Å². The van der Waals surface area contributed by atoms with Gasteiger partial charge in [0.25, 0.3) is 0 Å². The Hall–Kier alpha value is -0.720. The number of hydrogen-bond donors (Lipinski definition) is 1. The van der Waals surface area contributed by atoms with Crippen molar-refractivity contribution < 1.29 is 0 Å². The first-order chi connectivity index (χ1) is 9.22. The maximum absolute atomic E-state index is 6.12. The van der Waals surface area contributed by atoms with Gasteiger partial charge in [0.15, 0.2) is 0 Å². The van der Waals surface area contributed by atoms with Gasteiger partial charge in [0, 0.05) is 26.5 Å². The molecule has 1 unspecified atom stereocenters. The Morgan fingerprint density at radius 1 is 1.32 bits per heavy atom. The van der Waals surface area contributed by atoms with Crippen LogP contribution in [0, 0.1) is 3.57 Å². The predicted molar refractivity (Wildman–Crippen MR) is 86.3 cm³/mol. The first-order valence-corrected chi connectivity index (χ1v) is 7.61. The van der Waals surface area contributed by atoms with E-state index in [-0.39, 0.29) is 6.04 Å². The minimum absolute atomic E-state index is 0.0757. The molecular formula is C14H15ClIN3. The highest BCUT2D eigenvalue weighted by molar-refractivity contribution is 14.1. The summed E-state index contributed by atoms with van der Waals surface area (Å²) in [6.45, 7) is 3.08. The fraction of sp³-hybridized carbons (Fsp3) is 0.286. The summed E-state index contributed by atoms with van der Waals surface area (Å²) in [5, 5.41) is 4.27. The summed E-state index contributed by atoms with van der Waals surface area (Å²) in [7, 11) is 0. The van der Waals surface area contributed by atoms with Crippen molar-refractivity contribution in [2.24, 2.45) is 0 Å². The van der Waals surface area contributed by atoms with E-state index in [4.69, 9.17) is 11.6 Å². The predicted octanol–water partition coefficient (Wildman–Crippen LogP) is 3.82. The van der Waals surface area contributed by atoms with Crippen LogP contribution >= 0.6 is 34.2 Å². The van der Waals surface area contributed by atoms with Crippen LogP contribution in [0.25, 0.3) is 0 Å². The van der Waals surface area contributed by atoms with Crippen LogP contribution in [0.2, 0.25) is 5.02 Å². The number of hydrogen-bond acceptors (Lipinski definition) is 3. The van der Waals surface area contributed by atoms with E-state index in [2.05, 4.69) is 44.8 Å². The van der Waals surface area contributed by atoms with Crippen molar-refractivity contribution >= 4 is 34.2 Å². The Kier molecular flexibility index (Phi) is 5.54. The van der Waals surface area contributed by atoms with Crippen LogP contribution in [0.15, 0.2) is 36.9 Å². The highest BCUT2D eigenvalue weighted by Crippen LogP contribution is 2.28. The Labute approximate surface area is 132 Å². The molecule has 5 heteroatoms. The molecule has 1 aromatic heterocycles. The molecule has 1 N–H and O–H groups in total. The Bertz CT molecular complexity index is 533. The first kappa shape index (κ1) is 14.7. The van der Waals surface area contributed by atoms with Gasteiger partial charge in [0.2, 0.25) is 0 Å². The SMILES string of the molecule is CCCNC(c1cncnc1)c1cc(Cl)ccc1I. The number of benzene rings is 1. The molecule has 3 nitrogen and oxygen atoms in total. The number of rotatable bonds is 5. The van der Waals surface area contributed by atoms with Crippen LogP contribution in [0.5, 0.6) is 0 Å². The van der Waals surface area contributed by atoms with Crippen molar-refractivity contribution in [2.45, 2.75) is 19.4 Å². The third-order valence-electron chi connectivity index (χ3n) is 2.78. The van der Waals surface area contributed by atoms with Crippen molar-refractivity contribution in [3.63, 3.8) is 0 Å². The third-order valence-corrected chi connectivity index (χ3v) is 4.00. The Morgan fingerprint density at radius 2 is 2.05 bits per heavy atom. The molecule has 0 fully saturated rings. The molecule has 1 aromatic carbocycles. The van der Waals surface area contributed by atoms with Crippen LogP contribution < -0.4 is 5.32 Å². The normalized spacial score (nSPS) is 12.4. The zero-order chi connectivity index (χ0) is 13.7. The minimum atomic E-state index is 0.0757. The van der Waals surface area contributed by atoms with Gasteiger partial charge >= 0.3 is 0 Å². The highest BCUT2D eigenvalue weighted by Gasteiger charge is 2.17. The van der Waals surface area contributed by atoms with Crippen molar-refractivity contribution in [3.05, 3.63) is 56.6 Å². The molecule has 19 heavy (non-hydrogen) atoms. The van der Waals surface area contributed by atoms with Crippen molar-refractivity contribution in [2.75, 3.05) is 6.54 Å². The smallest absolute Gasteiger partial charge is 0.115 e. The molecule has 0 saturated carbocycles. The average Bonchev–Trinajstić information content (AvgIpc) is 2.44. The van der Waals surface area contributed by atoms with E-state index in [1.807, 2.05) is 30.6 Å². The van der Waals surface area contributed by atoms with Gasteiger partial charge in [-0.1, -0.05) is 18.5 Å². The maximum Gasteiger partial charge on any atom is 0.115 e. The summed E-state index contributed by atoms with van der Waals surface area (Å²) in [5.41, 5.74) is 2.22. The molecule has 0 amide bonds. The minimum Gasteiger partial charge on any atom is -0.306 e.